The number of pyridine rings is 1. The van der Waals surface area contributed by atoms with E-state index in [4.69, 9.17) is 29.0 Å². The number of anilines is 2. The monoisotopic (exact) mass is 314 g/mol. The number of fused-ring (bicyclic) bond motifs is 1. The lowest BCUT2D eigenvalue weighted by Gasteiger charge is -2.45. The zero-order valence-corrected chi connectivity index (χ0v) is 12.9. The number of rotatable bonds is 2. The van der Waals surface area contributed by atoms with Crippen LogP contribution in [0, 0.1) is 5.92 Å². The van der Waals surface area contributed by atoms with Gasteiger partial charge in [0.25, 0.3) is 0 Å². The van der Waals surface area contributed by atoms with Gasteiger partial charge in [0, 0.05) is 12.6 Å². The van der Waals surface area contributed by atoms with Gasteiger partial charge < -0.3 is 10.3 Å². The number of hydrogen-bond donors (Lipinski definition) is 2. The fraction of sp³-hybridized carbons (Fsp3) is 0.643. The molecule has 2 unspecified atom stereocenters. The molecular weight excluding hydrogens is 295 g/mol. The Kier molecular flexibility index (Phi) is 4.24. The molecule has 110 valence electrons. The molecule has 1 saturated heterocycles. The van der Waals surface area contributed by atoms with E-state index in [1.165, 1.54) is 38.5 Å². The molecule has 2 heterocycles. The molecule has 3 N–H and O–H groups in total. The van der Waals surface area contributed by atoms with Crippen LogP contribution in [-0.2, 0) is 0 Å². The zero-order valence-electron chi connectivity index (χ0n) is 11.4. The van der Waals surface area contributed by atoms with E-state index in [2.05, 4.69) is 15.3 Å². The van der Waals surface area contributed by atoms with Crippen LogP contribution in [0.5, 0.6) is 0 Å². The minimum absolute atomic E-state index is 0.457. The quantitative estimate of drug-likeness (QED) is 0.643. The Morgan fingerprint density at radius 3 is 2.70 bits per heavy atom. The molecule has 1 aromatic heterocycles. The highest BCUT2D eigenvalue weighted by Crippen LogP contribution is 2.40. The highest BCUT2D eigenvalue weighted by atomic mass is 35.5. The van der Waals surface area contributed by atoms with Crippen LogP contribution in [0.25, 0.3) is 0 Å². The van der Waals surface area contributed by atoms with Crippen LogP contribution in [0.15, 0.2) is 6.07 Å². The van der Waals surface area contributed by atoms with Crippen molar-refractivity contribution in [2.45, 2.75) is 44.6 Å². The second kappa shape index (κ2) is 5.96. The van der Waals surface area contributed by atoms with Crippen LogP contribution in [-0.4, -0.2) is 17.6 Å². The summed E-state index contributed by atoms with van der Waals surface area (Å²) in [5.74, 6) is 7.56. The summed E-state index contributed by atoms with van der Waals surface area (Å²) in [6.45, 7) is 1.01. The highest BCUT2D eigenvalue weighted by molar-refractivity contribution is 6.37. The van der Waals surface area contributed by atoms with Crippen molar-refractivity contribution in [1.29, 1.82) is 0 Å². The predicted molar refractivity (Wildman–Crippen MR) is 84.4 cm³/mol. The summed E-state index contributed by atoms with van der Waals surface area (Å²) in [6.07, 6.45) is 7.74. The van der Waals surface area contributed by atoms with Gasteiger partial charge in [0.15, 0.2) is 5.82 Å². The van der Waals surface area contributed by atoms with E-state index in [1.54, 1.807) is 6.07 Å². The number of hydrogen-bond acceptors (Lipinski definition) is 4. The number of aromatic nitrogens is 1. The molecule has 0 bridgehead atoms. The van der Waals surface area contributed by atoms with E-state index < -0.39 is 0 Å². The van der Waals surface area contributed by atoms with Gasteiger partial charge in [-0.25, -0.2) is 10.8 Å². The van der Waals surface area contributed by atoms with E-state index >= 15 is 0 Å². The molecular formula is C14H20Cl2N4. The topological polar surface area (TPSA) is 54.2 Å². The molecule has 2 atom stereocenters. The minimum atomic E-state index is 0.457. The van der Waals surface area contributed by atoms with E-state index in [9.17, 15) is 0 Å². The number of nitrogens with one attached hydrogen (secondary N) is 1. The number of nitrogens with two attached hydrogens (primary N) is 1. The first-order chi connectivity index (χ1) is 9.70. The first kappa shape index (κ1) is 14.2. The van der Waals surface area contributed by atoms with Crippen molar-refractivity contribution in [3.8, 4) is 0 Å². The van der Waals surface area contributed by atoms with Crippen LogP contribution in [0.4, 0.5) is 11.6 Å². The molecule has 1 aliphatic heterocycles. The summed E-state index contributed by atoms with van der Waals surface area (Å²) in [7, 11) is 0. The molecule has 20 heavy (non-hydrogen) atoms. The van der Waals surface area contributed by atoms with Crippen molar-refractivity contribution in [3.05, 3.63) is 16.1 Å². The van der Waals surface area contributed by atoms with Gasteiger partial charge in [-0.3, -0.25) is 0 Å². The first-order valence-electron chi connectivity index (χ1n) is 7.30. The summed E-state index contributed by atoms with van der Waals surface area (Å²) in [5.41, 5.74) is 2.55. The Bertz CT molecular complexity index is 492. The first-order valence-corrected chi connectivity index (χ1v) is 8.05. The van der Waals surface area contributed by atoms with Gasteiger partial charge >= 0.3 is 0 Å². The van der Waals surface area contributed by atoms with Gasteiger partial charge in [-0.2, -0.15) is 0 Å². The second-order valence-electron chi connectivity index (χ2n) is 5.72. The molecule has 0 amide bonds. The van der Waals surface area contributed by atoms with Gasteiger partial charge in [0.1, 0.15) is 5.82 Å². The molecule has 0 aromatic carbocycles. The van der Waals surface area contributed by atoms with E-state index in [0.717, 1.165) is 18.3 Å². The van der Waals surface area contributed by atoms with Gasteiger partial charge in [-0.05, 0) is 37.7 Å². The van der Waals surface area contributed by atoms with Gasteiger partial charge in [0.2, 0.25) is 0 Å². The number of nitrogen functional groups attached to an aromatic ring is 1. The normalized spacial score (nSPS) is 26.2. The molecule has 2 fully saturated rings. The Morgan fingerprint density at radius 2 is 1.90 bits per heavy atom. The van der Waals surface area contributed by atoms with Gasteiger partial charge in [0.05, 0.1) is 10.0 Å². The minimum Gasteiger partial charge on any atom is -0.352 e. The molecule has 2 aliphatic rings. The molecule has 0 spiro atoms. The average Bonchev–Trinajstić information content (AvgIpc) is 2.47. The maximum atomic E-state index is 6.37. The third-order valence-corrected chi connectivity index (χ3v) is 5.13. The Labute approximate surface area is 129 Å². The second-order valence-corrected chi connectivity index (χ2v) is 6.53. The molecule has 6 heteroatoms. The van der Waals surface area contributed by atoms with Crippen LogP contribution in [0.1, 0.15) is 38.5 Å². The smallest absolute Gasteiger partial charge is 0.161 e. The van der Waals surface area contributed by atoms with Crippen molar-refractivity contribution in [3.63, 3.8) is 0 Å². The predicted octanol–water partition coefficient (Wildman–Crippen LogP) is 3.83. The third-order valence-electron chi connectivity index (χ3n) is 4.56. The van der Waals surface area contributed by atoms with Crippen molar-refractivity contribution in [2.24, 2.45) is 11.8 Å². The summed E-state index contributed by atoms with van der Waals surface area (Å²) in [5, 5.41) is 1.07. The molecule has 1 saturated carbocycles. The average molecular weight is 315 g/mol. The SMILES string of the molecule is NNc1nc(N2CCCC3CCCCC32)c(Cl)cc1Cl. The Morgan fingerprint density at radius 1 is 1.15 bits per heavy atom. The molecule has 0 radical (unpaired) electrons. The summed E-state index contributed by atoms with van der Waals surface area (Å²) in [6, 6.07) is 2.29. The number of hydrazine groups is 1. The van der Waals surface area contributed by atoms with E-state index in [1.807, 2.05) is 0 Å². The maximum absolute atomic E-state index is 6.37. The lowest BCUT2D eigenvalue weighted by molar-refractivity contribution is 0.243. The number of nitrogens with zero attached hydrogens (tertiary/aromatic N) is 2. The number of piperidine rings is 1. The molecule has 1 aliphatic carbocycles. The number of halogens is 2. The molecule has 4 nitrogen and oxygen atoms in total. The molecule has 1 aromatic rings. The molecule has 3 rings (SSSR count). The van der Waals surface area contributed by atoms with E-state index in [0.29, 0.717) is 21.9 Å². The van der Waals surface area contributed by atoms with Crippen molar-refractivity contribution < 1.29 is 0 Å². The Hall–Kier alpha value is -0.710. The van der Waals surface area contributed by atoms with Crippen molar-refractivity contribution >= 4 is 34.8 Å². The summed E-state index contributed by atoms with van der Waals surface area (Å²) in [4.78, 5) is 6.90. The van der Waals surface area contributed by atoms with Crippen molar-refractivity contribution in [2.75, 3.05) is 16.9 Å². The third kappa shape index (κ3) is 2.57. The lowest BCUT2D eigenvalue weighted by Crippen LogP contribution is -2.47. The Balaban J connectivity index is 1.94. The largest absolute Gasteiger partial charge is 0.352 e. The van der Waals surface area contributed by atoms with Gasteiger partial charge in [-0.1, -0.05) is 36.0 Å². The van der Waals surface area contributed by atoms with Crippen LogP contribution < -0.4 is 16.2 Å². The van der Waals surface area contributed by atoms with E-state index in [-0.39, 0.29) is 0 Å². The summed E-state index contributed by atoms with van der Waals surface area (Å²) < 4.78 is 0. The summed E-state index contributed by atoms with van der Waals surface area (Å²) >= 11 is 12.4. The lowest BCUT2D eigenvalue weighted by atomic mass is 9.78. The maximum Gasteiger partial charge on any atom is 0.161 e. The van der Waals surface area contributed by atoms with Crippen LogP contribution in [0.2, 0.25) is 10.0 Å². The van der Waals surface area contributed by atoms with Gasteiger partial charge in [-0.15, -0.1) is 0 Å². The van der Waals surface area contributed by atoms with Crippen LogP contribution >= 0.6 is 23.2 Å². The fourth-order valence-corrected chi connectivity index (χ4v) is 4.17. The van der Waals surface area contributed by atoms with Crippen molar-refractivity contribution in [1.82, 2.24) is 4.98 Å². The fourth-order valence-electron chi connectivity index (χ4n) is 3.65. The van der Waals surface area contributed by atoms with Crippen LogP contribution in [0.3, 0.4) is 0 Å². The standard InChI is InChI=1S/C14H20Cl2N4/c15-10-8-11(16)14(18-13(10)19-17)20-7-3-5-9-4-1-2-6-12(9)20/h8-9,12H,1-7,17H2,(H,18,19). The zero-order chi connectivity index (χ0) is 14.1. The highest BCUT2D eigenvalue weighted by Gasteiger charge is 2.34.